The molecule has 0 aromatic heterocycles. The summed E-state index contributed by atoms with van der Waals surface area (Å²) in [7, 11) is 0. The van der Waals surface area contributed by atoms with Crippen molar-refractivity contribution in [3.05, 3.63) is 29.3 Å². The van der Waals surface area contributed by atoms with Crippen molar-refractivity contribution in [3.8, 4) is 0 Å². The van der Waals surface area contributed by atoms with Crippen LogP contribution in [-0.4, -0.2) is 47.7 Å². The molecule has 8 heteroatoms. The summed E-state index contributed by atoms with van der Waals surface area (Å²) in [5, 5.41) is 8.53. The Labute approximate surface area is 170 Å². The number of hydrogen-bond acceptors (Lipinski definition) is 5. The van der Waals surface area contributed by atoms with Gasteiger partial charge in [0.05, 0.1) is 0 Å². The van der Waals surface area contributed by atoms with Crippen molar-refractivity contribution in [2.45, 2.75) is 58.0 Å². The predicted octanol–water partition coefficient (Wildman–Crippen LogP) is 1.56. The van der Waals surface area contributed by atoms with E-state index in [2.05, 4.69) is 22.9 Å². The third-order valence-electron chi connectivity index (χ3n) is 5.33. The zero-order chi connectivity index (χ0) is 20.8. The first-order chi connectivity index (χ1) is 14.0. The predicted molar refractivity (Wildman–Crippen MR) is 108 cm³/mol. The molecule has 1 atom stereocenters. The number of benzene rings is 1. The minimum Gasteiger partial charge on any atom is -0.385 e. The molecule has 4 amide bonds. The van der Waals surface area contributed by atoms with E-state index in [9.17, 15) is 19.2 Å². The highest BCUT2D eigenvalue weighted by molar-refractivity contribution is 6.06. The Hall–Kier alpha value is -2.90. The van der Waals surface area contributed by atoms with Crippen LogP contribution in [0.3, 0.4) is 0 Å². The van der Waals surface area contributed by atoms with E-state index in [0.717, 1.165) is 24.1 Å². The van der Waals surface area contributed by atoms with Crippen molar-refractivity contribution in [3.63, 3.8) is 0 Å². The number of anilines is 1. The number of unbranched alkanes of at least 4 members (excludes halogenated alkanes) is 1. The van der Waals surface area contributed by atoms with Crippen LogP contribution in [-0.2, 0) is 20.9 Å². The molecule has 0 spiro atoms. The van der Waals surface area contributed by atoms with Gasteiger partial charge in [-0.3, -0.25) is 24.5 Å². The van der Waals surface area contributed by atoms with E-state index in [1.807, 2.05) is 12.1 Å². The molecule has 0 radical (unpaired) electrons. The van der Waals surface area contributed by atoms with Crippen LogP contribution in [0.25, 0.3) is 0 Å². The number of imide groups is 1. The van der Waals surface area contributed by atoms with E-state index in [1.54, 1.807) is 11.0 Å². The van der Waals surface area contributed by atoms with Crippen LogP contribution in [0.15, 0.2) is 18.2 Å². The van der Waals surface area contributed by atoms with Gasteiger partial charge in [-0.25, -0.2) is 0 Å². The van der Waals surface area contributed by atoms with E-state index in [4.69, 9.17) is 0 Å². The van der Waals surface area contributed by atoms with E-state index >= 15 is 0 Å². The summed E-state index contributed by atoms with van der Waals surface area (Å²) < 4.78 is 0. The van der Waals surface area contributed by atoms with Gasteiger partial charge in [0.2, 0.25) is 17.7 Å². The topological polar surface area (TPSA) is 108 Å². The highest BCUT2D eigenvalue weighted by Crippen LogP contribution is 2.32. The van der Waals surface area contributed by atoms with Crippen LogP contribution in [0.2, 0.25) is 0 Å². The molecule has 1 fully saturated rings. The third kappa shape index (κ3) is 4.93. The van der Waals surface area contributed by atoms with Crippen LogP contribution in [0.1, 0.15) is 61.4 Å². The summed E-state index contributed by atoms with van der Waals surface area (Å²) in [5.74, 6) is -0.839. The lowest BCUT2D eigenvalue weighted by molar-refractivity contribution is -0.137. The third-order valence-corrected chi connectivity index (χ3v) is 5.33. The second-order valence-electron chi connectivity index (χ2n) is 7.47. The molecule has 3 N–H and O–H groups in total. The number of carbonyl (C=O) groups is 4. The molecule has 3 rings (SSSR count). The van der Waals surface area contributed by atoms with Gasteiger partial charge in [-0.05, 0) is 31.4 Å². The maximum absolute atomic E-state index is 12.8. The molecule has 1 aromatic rings. The van der Waals surface area contributed by atoms with Crippen molar-refractivity contribution in [2.75, 3.05) is 18.4 Å². The summed E-state index contributed by atoms with van der Waals surface area (Å²) in [6, 6.07) is 4.86. The molecule has 2 aliphatic rings. The largest absolute Gasteiger partial charge is 0.385 e. The molecule has 2 heterocycles. The molecular formula is C21H28N4O4. The fourth-order valence-corrected chi connectivity index (χ4v) is 3.72. The lowest BCUT2D eigenvalue weighted by Gasteiger charge is -2.29. The molecule has 8 nitrogen and oxygen atoms in total. The van der Waals surface area contributed by atoms with Crippen molar-refractivity contribution in [1.29, 1.82) is 0 Å². The molecule has 29 heavy (non-hydrogen) atoms. The van der Waals surface area contributed by atoms with Crippen molar-refractivity contribution in [1.82, 2.24) is 15.5 Å². The SMILES string of the molecule is CCCCNC(=O)CCCNc1cccc2c1CN(C1CCC(=O)NC1=O)C2=O. The number of nitrogens with one attached hydrogen (secondary N) is 3. The van der Waals surface area contributed by atoms with Gasteiger partial charge in [-0.15, -0.1) is 0 Å². The van der Waals surface area contributed by atoms with Crippen molar-refractivity contribution >= 4 is 29.3 Å². The summed E-state index contributed by atoms with van der Waals surface area (Å²) in [6.07, 6.45) is 3.76. The summed E-state index contributed by atoms with van der Waals surface area (Å²) in [6.45, 7) is 3.75. The van der Waals surface area contributed by atoms with Gasteiger partial charge < -0.3 is 15.5 Å². The number of rotatable bonds is 9. The molecular weight excluding hydrogens is 372 g/mol. The zero-order valence-electron chi connectivity index (χ0n) is 16.8. The molecule has 0 bridgehead atoms. The Kier molecular flexibility index (Phi) is 6.85. The van der Waals surface area contributed by atoms with E-state index in [1.165, 1.54) is 0 Å². The molecule has 1 saturated heterocycles. The number of carbonyl (C=O) groups excluding carboxylic acids is 4. The van der Waals surface area contributed by atoms with E-state index < -0.39 is 11.9 Å². The standard InChI is InChI=1S/C21H28N4O4/c1-2-3-11-23-18(26)8-5-12-22-16-7-4-6-14-15(16)13-25(21(14)29)17-9-10-19(27)24-20(17)28/h4,6-7,17,22H,2-3,5,8-13H2,1H3,(H,23,26)(H,24,27,28). The zero-order valence-corrected chi connectivity index (χ0v) is 16.8. The minimum absolute atomic E-state index is 0.0535. The number of fused-ring (bicyclic) bond motifs is 1. The van der Waals surface area contributed by atoms with Crippen LogP contribution in [0.4, 0.5) is 5.69 Å². The average molecular weight is 400 g/mol. The van der Waals surface area contributed by atoms with Crippen LogP contribution >= 0.6 is 0 Å². The van der Waals surface area contributed by atoms with Crippen LogP contribution in [0, 0.1) is 0 Å². The van der Waals surface area contributed by atoms with E-state index in [-0.39, 0.29) is 24.1 Å². The Bertz CT molecular complexity index is 808. The molecule has 156 valence electrons. The Morgan fingerprint density at radius 1 is 1.21 bits per heavy atom. The highest BCUT2D eigenvalue weighted by Gasteiger charge is 2.39. The summed E-state index contributed by atoms with van der Waals surface area (Å²) in [5.41, 5.74) is 2.28. The highest BCUT2D eigenvalue weighted by atomic mass is 16.2. The first-order valence-electron chi connectivity index (χ1n) is 10.3. The molecule has 0 aliphatic carbocycles. The average Bonchev–Trinajstić information content (AvgIpc) is 3.03. The number of nitrogens with zero attached hydrogens (tertiary/aromatic N) is 1. The number of amides is 4. The smallest absolute Gasteiger partial charge is 0.255 e. The minimum atomic E-state index is -0.618. The van der Waals surface area contributed by atoms with Crippen molar-refractivity contribution < 1.29 is 19.2 Å². The molecule has 1 aromatic carbocycles. The lowest BCUT2D eigenvalue weighted by atomic mass is 10.0. The second kappa shape index (κ2) is 9.54. The number of piperidine rings is 1. The summed E-state index contributed by atoms with van der Waals surface area (Å²) >= 11 is 0. The Balaban J connectivity index is 1.56. The quantitative estimate of drug-likeness (QED) is 0.431. The first-order valence-corrected chi connectivity index (χ1v) is 10.3. The first kappa shape index (κ1) is 20.8. The maximum Gasteiger partial charge on any atom is 0.255 e. The van der Waals surface area contributed by atoms with Crippen LogP contribution in [0.5, 0.6) is 0 Å². The normalized spacial score (nSPS) is 18.4. The number of hydrogen-bond donors (Lipinski definition) is 3. The molecule has 2 aliphatic heterocycles. The van der Waals surface area contributed by atoms with Gasteiger partial charge in [0, 0.05) is 49.3 Å². The van der Waals surface area contributed by atoms with Gasteiger partial charge >= 0.3 is 0 Å². The van der Waals surface area contributed by atoms with Gasteiger partial charge in [-0.2, -0.15) is 0 Å². The van der Waals surface area contributed by atoms with Crippen molar-refractivity contribution in [2.24, 2.45) is 0 Å². The molecule has 1 unspecified atom stereocenters. The van der Waals surface area contributed by atoms with Crippen LogP contribution < -0.4 is 16.0 Å². The fourth-order valence-electron chi connectivity index (χ4n) is 3.72. The maximum atomic E-state index is 12.8. The monoisotopic (exact) mass is 400 g/mol. The molecule has 0 saturated carbocycles. The second-order valence-corrected chi connectivity index (χ2v) is 7.47. The van der Waals surface area contributed by atoms with Gasteiger partial charge in [-0.1, -0.05) is 19.4 Å². The van der Waals surface area contributed by atoms with Gasteiger partial charge in [0.15, 0.2) is 0 Å². The van der Waals surface area contributed by atoms with E-state index in [0.29, 0.717) is 44.5 Å². The Morgan fingerprint density at radius 2 is 2.03 bits per heavy atom. The summed E-state index contributed by atoms with van der Waals surface area (Å²) in [4.78, 5) is 49.7. The lowest BCUT2D eigenvalue weighted by Crippen LogP contribution is -2.52. The Morgan fingerprint density at radius 3 is 2.79 bits per heavy atom. The van der Waals surface area contributed by atoms with Gasteiger partial charge in [0.25, 0.3) is 5.91 Å². The van der Waals surface area contributed by atoms with Gasteiger partial charge in [0.1, 0.15) is 6.04 Å². The fraction of sp³-hybridized carbons (Fsp3) is 0.524.